The molecule has 1 aromatic heterocycles. The molecule has 0 saturated carbocycles. The van der Waals surface area contributed by atoms with Crippen LogP contribution in [0, 0.1) is 11.6 Å². The average molecular weight is 429 g/mol. The molecule has 11 heteroatoms. The van der Waals surface area contributed by atoms with E-state index in [1.54, 1.807) is 36.3 Å². The number of rotatable bonds is 5. The fraction of sp³-hybridized carbons (Fsp3) is 0.300. The van der Waals surface area contributed by atoms with Gasteiger partial charge in [-0.25, -0.2) is 13.6 Å². The van der Waals surface area contributed by atoms with Crippen LogP contribution in [0.15, 0.2) is 42.5 Å². The summed E-state index contributed by atoms with van der Waals surface area (Å²) in [5.74, 6) is -0.669. The third kappa shape index (κ3) is 4.77. The van der Waals surface area contributed by atoms with Crippen molar-refractivity contribution in [1.29, 1.82) is 0 Å². The number of methoxy groups -OCH3 is 1. The third-order valence-corrected chi connectivity index (χ3v) is 5.05. The Morgan fingerprint density at radius 3 is 2.48 bits per heavy atom. The molecule has 2 aromatic carbocycles. The van der Waals surface area contributed by atoms with E-state index in [0.29, 0.717) is 49.9 Å². The number of carbonyl (C=O) groups is 1. The van der Waals surface area contributed by atoms with Crippen molar-refractivity contribution in [3.8, 4) is 11.4 Å². The van der Waals surface area contributed by atoms with Gasteiger partial charge >= 0.3 is 6.03 Å². The second kappa shape index (κ2) is 9.04. The predicted octanol–water partition coefficient (Wildman–Crippen LogP) is 2.30. The molecule has 162 valence electrons. The first-order valence-corrected chi connectivity index (χ1v) is 9.68. The van der Waals surface area contributed by atoms with Crippen LogP contribution in [0.3, 0.4) is 0 Å². The molecule has 1 fully saturated rings. The third-order valence-electron chi connectivity index (χ3n) is 5.05. The Bertz CT molecular complexity index is 1050. The van der Waals surface area contributed by atoms with Crippen LogP contribution in [0.2, 0.25) is 0 Å². The van der Waals surface area contributed by atoms with Crippen LogP contribution in [0.25, 0.3) is 5.69 Å². The van der Waals surface area contributed by atoms with Gasteiger partial charge in [-0.1, -0.05) is 0 Å². The maximum absolute atomic E-state index is 13.6. The lowest BCUT2D eigenvalue weighted by Crippen LogP contribution is -2.49. The van der Waals surface area contributed by atoms with E-state index in [1.165, 1.54) is 10.7 Å². The summed E-state index contributed by atoms with van der Waals surface area (Å²) in [6, 6.07) is 10.5. The predicted molar refractivity (Wildman–Crippen MR) is 108 cm³/mol. The van der Waals surface area contributed by atoms with Crippen molar-refractivity contribution in [1.82, 2.24) is 30.0 Å². The molecule has 2 amide bonds. The number of tetrazole rings is 1. The molecule has 1 aliphatic rings. The Morgan fingerprint density at radius 1 is 1.06 bits per heavy atom. The Balaban J connectivity index is 1.33. The number of urea groups is 1. The van der Waals surface area contributed by atoms with Crippen molar-refractivity contribution in [2.24, 2.45) is 0 Å². The quantitative estimate of drug-likeness (QED) is 0.670. The Hall–Kier alpha value is -3.60. The minimum Gasteiger partial charge on any atom is -0.497 e. The lowest BCUT2D eigenvalue weighted by Gasteiger charge is -2.34. The van der Waals surface area contributed by atoms with Crippen LogP contribution in [0.5, 0.6) is 5.75 Å². The van der Waals surface area contributed by atoms with E-state index >= 15 is 0 Å². The Labute approximate surface area is 177 Å². The zero-order valence-electron chi connectivity index (χ0n) is 16.8. The molecule has 1 saturated heterocycles. The van der Waals surface area contributed by atoms with E-state index in [1.807, 2.05) is 0 Å². The van der Waals surface area contributed by atoms with Crippen LogP contribution in [-0.4, -0.2) is 69.3 Å². The van der Waals surface area contributed by atoms with E-state index in [-0.39, 0.29) is 6.03 Å². The maximum atomic E-state index is 13.6. The van der Waals surface area contributed by atoms with Gasteiger partial charge in [0.15, 0.2) is 17.5 Å². The molecule has 31 heavy (non-hydrogen) atoms. The summed E-state index contributed by atoms with van der Waals surface area (Å²) >= 11 is 0. The summed E-state index contributed by atoms with van der Waals surface area (Å²) in [4.78, 5) is 16.3. The number of halogens is 2. The highest BCUT2D eigenvalue weighted by Gasteiger charge is 2.23. The highest BCUT2D eigenvalue weighted by Crippen LogP contribution is 2.17. The van der Waals surface area contributed by atoms with Crippen molar-refractivity contribution in [2.45, 2.75) is 6.54 Å². The molecule has 0 aliphatic carbocycles. The van der Waals surface area contributed by atoms with Crippen molar-refractivity contribution >= 4 is 11.7 Å². The van der Waals surface area contributed by atoms with E-state index in [2.05, 4.69) is 25.7 Å². The Morgan fingerprint density at radius 2 is 1.81 bits per heavy atom. The van der Waals surface area contributed by atoms with E-state index in [9.17, 15) is 13.6 Å². The smallest absolute Gasteiger partial charge is 0.321 e. The summed E-state index contributed by atoms with van der Waals surface area (Å²) in [6.07, 6.45) is 0. The molecule has 3 aromatic rings. The lowest BCUT2D eigenvalue weighted by molar-refractivity contribution is 0.140. The summed E-state index contributed by atoms with van der Waals surface area (Å²) < 4.78 is 33.3. The van der Waals surface area contributed by atoms with Gasteiger partial charge in [-0.2, -0.15) is 4.68 Å². The molecule has 4 rings (SSSR count). The Kier molecular flexibility index (Phi) is 6.03. The van der Waals surface area contributed by atoms with Gasteiger partial charge in [0.2, 0.25) is 0 Å². The summed E-state index contributed by atoms with van der Waals surface area (Å²) in [7, 11) is 1.59. The number of piperazine rings is 1. The molecule has 0 bridgehead atoms. The fourth-order valence-corrected chi connectivity index (χ4v) is 3.31. The fourth-order valence-electron chi connectivity index (χ4n) is 3.31. The van der Waals surface area contributed by atoms with Crippen LogP contribution < -0.4 is 10.1 Å². The zero-order chi connectivity index (χ0) is 21.8. The van der Waals surface area contributed by atoms with Crippen molar-refractivity contribution < 1.29 is 18.3 Å². The molecular weight excluding hydrogens is 408 g/mol. The minimum absolute atomic E-state index is 0.170. The lowest BCUT2D eigenvalue weighted by atomic mass is 10.3. The number of carbonyl (C=O) groups excluding carboxylic acids is 1. The summed E-state index contributed by atoms with van der Waals surface area (Å²) in [5, 5.41) is 14.4. The number of nitrogens with zero attached hydrogens (tertiary/aromatic N) is 6. The first-order chi connectivity index (χ1) is 15.0. The SMILES string of the molecule is COc1ccc(NC(=O)N2CCN(Cc3nnnn3-c3ccc(F)c(F)c3)CC2)cc1. The number of nitrogens with one attached hydrogen (secondary N) is 1. The van der Waals surface area contributed by atoms with Gasteiger partial charge in [-0.05, 0) is 46.8 Å². The molecular formula is C20H21F2N7O2. The number of ether oxygens (including phenoxy) is 1. The largest absolute Gasteiger partial charge is 0.497 e. The molecule has 0 radical (unpaired) electrons. The van der Waals surface area contributed by atoms with E-state index in [4.69, 9.17) is 4.74 Å². The summed E-state index contributed by atoms with van der Waals surface area (Å²) in [6.45, 7) is 2.74. The number of hydrogen-bond acceptors (Lipinski definition) is 6. The van der Waals surface area contributed by atoms with Gasteiger partial charge in [0, 0.05) is 37.9 Å². The normalized spacial score (nSPS) is 14.5. The number of hydrogen-bond donors (Lipinski definition) is 1. The number of amides is 2. The van der Waals surface area contributed by atoms with Gasteiger partial charge in [0.1, 0.15) is 5.75 Å². The van der Waals surface area contributed by atoms with Gasteiger partial charge in [-0.15, -0.1) is 5.10 Å². The van der Waals surface area contributed by atoms with E-state index in [0.717, 1.165) is 17.9 Å². The highest BCUT2D eigenvalue weighted by molar-refractivity contribution is 5.89. The van der Waals surface area contributed by atoms with Crippen molar-refractivity contribution in [2.75, 3.05) is 38.6 Å². The monoisotopic (exact) mass is 429 g/mol. The molecule has 2 heterocycles. The first kappa shape index (κ1) is 20.7. The van der Waals surface area contributed by atoms with Gasteiger partial charge in [0.05, 0.1) is 19.3 Å². The van der Waals surface area contributed by atoms with Gasteiger partial charge < -0.3 is 15.0 Å². The molecule has 0 unspecified atom stereocenters. The standard InChI is InChI=1S/C20H21F2N7O2/c1-31-16-5-2-14(3-6-16)23-20(30)28-10-8-27(9-11-28)13-19-24-25-26-29(19)15-4-7-17(21)18(22)12-15/h2-7,12H,8-11,13H2,1H3,(H,23,30). The number of aromatic nitrogens is 4. The molecule has 9 nitrogen and oxygen atoms in total. The number of anilines is 1. The molecule has 0 atom stereocenters. The molecule has 1 aliphatic heterocycles. The van der Waals surface area contributed by atoms with Crippen LogP contribution in [-0.2, 0) is 6.54 Å². The average Bonchev–Trinajstić information content (AvgIpc) is 3.24. The van der Waals surface area contributed by atoms with E-state index < -0.39 is 11.6 Å². The minimum atomic E-state index is -0.963. The summed E-state index contributed by atoms with van der Waals surface area (Å²) in [5.41, 5.74) is 1.04. The molecule has 1 N–H and O–H groups in total. The maximum Gasteiger partial charge on any atom is 0.321 e. The highest BCUT2D eigenvalue weighted by atomic mass is 19.2. The van der Waals surface area contributed by atoms with Crippen LogP contribution >= 0.6 is 0 Å². The van der Waals surface area contributed by atoms with Crippen LogP contribution in [0.1, 0.15) is 5.82 Å². The number of benzene rings is 2. The van der Waals surface area contributed by atoms with Gasteiger partial charge in [0.25, 0.3) is 0 Å². The zero-order valence-corrected chi connectivity index (χ0v) is 16.8. The van der Waals surface area contributed by atoms with Crippen molar-refractivity contribution in [3.63, 3.8) is 0 Å². The van der Waals surface area contributed by atoms with Crippen molar-refractivity contribution in [3.05, 3.63) is 59.9 Å². The topological polar surface area (TPSA) is 88.4 Å². The second-order valence-electron chi connectivity index (χ2n) is 7.03. The molecule has 0 spiro atoms. The second-order valence-corrected chi connectivity index (χ2v) is 7.03. The van der Waals surface area contributed by atoms with Crippen LogP contribution in [0.4, 0.5) is 19.3 Å². The van der Waals surface area contributed by atoms with Gasteiger partial charge in [-0.3, -0.25) is 4.90 Å². The first-order valence-electron chi connectivity index (χ1n) is 9.68.